The molecule has 0 saturated heterocycles. The van der Waals surface area contributed by atoms with Crippen LogP contribution in [0.5, 0.6) is 0 Å². The number of halogens is 2. The lowest BCUT2D eigenvalue weighted by Crippen LogP contribution is -2.29. The molecule has 0 radical (unpaired) electrons. The lowest BCUT2D eigenvalue weighted by Gasteiger charge is -2.24. The van der Waals surface area contributed by atoms with Gasteiger partial charge in [-0.3, -0.25) is 0 Å². The van der Waals surface area contributed by atoms with Crippen molar-refractivity contribution in [3.8, 4) is 0 Å². The number of alkyl halides is 2. The third-order valence-corrected chi connectivity index (χ3v) is 3.09. The number of benzene rings is 2. The van der Waals surface area contributed by atoms with E-state index in [-0.39, 0.29) is 12.2 Å². The molecule has 0 aromatic heterocycles. The predicted molar refractivity (Wildman–Crippen MR) is 76.7 cm³/mol. The van der Waals surface area contributed by atoms with Gasteiger partial charge in [0.25, 0.3) is 0 Å². The van der Waals surface area contributed by atoms with Gasteiger partial charge in [-0.25, -0.2) is 0 Å². The maximum absolute atomic E-state index is 14.1. The SMILES string of the molecule is C=C(OCc1ccccc1)C(F)(F)C(O)c1ccccc1. The first kappa shape index (κ1) is 15.2. The highest BCUT2D eigenvalue weighted by atomic mass is 19.3. The molecule has 110 valence electrons. The Bertz CT molecular complexity index is 582. The van der Waals surface area contributed by atoms with Crippen LogP contribution in [0.1, 0.15) is 17.2 Å². The second kappa shape index (κ2) is 6.50. The van der Waals surface area contributed by atoms with Crippen molar-refractivity contribution in [1.29, 1.82) is 0 Å². The largest absolute Gasteiger partial charge is 0.487 e. The van der Waals surface area contributed by atoms with Gasteiger partial charge in [-0.2, -0.15) is 8.78 Å². The van der Waals surface area contributed by atoms with E-state index in [0.717, 1.165) is 5.56 Å². The maximum Gasteiger partial charge on any atom is 0.332 e. The molecule has 1 N–H and O–H groups in total. The van der Waals surface area contributed by atoms with Crippen LogP contribution in [-0.2, 0) is 11.3 Å². The van der Waals surface area contributed by atoms with Crippen LogP contribution in [0.2, 0.25) is 0 Å². The molecule has 0 heterocycles. The molecule has 2 aromatic rings. The van der Waals surface area contributed by atoms with E-state index in [1.165, 1.54) is 12.1 Å². The molecule has 0 spiro atoms. The van der Waals surface area contributed by atoms with Gasteiger partial charge in [0.2, 0.25) is 0 Å². The molecule has 0 aliphatic heterocycles. The number of aliphatic hydroxyl groups is 1. The summed E-state index contributed by atoms with van der Waals surface area (Å²) in [6, 6.07) is 16.7. The lowest BCUT2D eigenvalue weighted by molar-refractivity contribution is -0.115. The van der Waals surface area contributed by atoms with Gasteiger partial charge in [0, 0.05) is 0 Å². The van der Waals surface area contributed by atoms with Crippen LogP contribution in [0.3, 0.4) is 0 Å². The van der Waals surface area contributed by atoms with Gasteiger partial charge < -0.3 is 9.84 Å². The first-order valence-corrected chi connectivity index (χ1v) is 6.48. The summed E-state index contributed by atoms with van der Waals surface area (Å²) in [5.74, 6) is -4.31. The summed E-state index contributed by atoms with van der Waals surface area (Å²) in [4.78, 5) is 0. The van der Waals surface area contributed by atoms with E-state index >= 15 is 0 Å². The standard InChI is InChI=1S/C17H16F2O2/c1-13(21-12-14-8-4-2-5-9-14)17(18,19)16(20)15-10-6-3-7-11-15/h2-11,16,20H,1,12H2. The fraction of sp³-hybridized carbons (Fsp3) is 0.176. The van der Waals surface area contributed by atoms with Gasteiger partial charge in [0.05, 0.1) is 0 Å². The number of aliphatic hydroxyl groups excluding tert-OH is 1. The van der Waals surface area contributed by atoms with E-state index < -0.39 is 17.8 Å². The minimum atomic E-state index is -3.56. The topological polar surface area (TPSA) is 29.5 Å². The molecule has 0 amide bonds. The fourth-order valence-electron chi connectivity index (χ4n) is 1.84. The van der Waals surface area contributed by atoms with E-state index in [2.05, 4.69) is 6.58 Å². The zero-order valence-electron chi connectivity index (χ0n) is 11.4. The van der Waals surface area contributed by atoms with E-state index in [9.17, 15) is 13.9 Å². The summed E-state index contributed by atoms with van der Waals surface area (Å²) in [5.41, 5.74) is 0.871. The molecule has 2 rings (SSSR count). The van der Waals surface area contributed by atoms with Crippen molar-refractivity contribution < 1.29 is 18.6 Å². The Kier molecular flexibility index (Phi) is 4.70. The molecule has 2 nitrogen and oxygen atoms in total. The normalized spacial score (nSPS) is 12.7. The first-order valence-electron chi connectivity index (χ1n) is 6.48. The fourth-order valence-corrected chi connectivity index (χ4v) is 1.84. The van der Waals surface area contributed by atoms with Crippen molar-refractivity contribution in [3.05, 3.63) is 84.1 Å². The Hall–Kier alpha value is -2.20. The molecule has 0 aliphatic carbocycles. The van der Waals surface area contributed by atoms with Gasteiger partial charge in [-0.05, 0) is 11.1 Å². The second-order valence-electron chi connectivity index (χ2n) is 4.63. The Morgan fingerprint density at radius 1 is 1.05 bits per heavy atom. The number of ether oxygens (including phenoxy) is 1. The molecular formula is C17H16F2O2. The molecule has 0 saturated carbocycles. The van der Waals surface area contributed by atoms with Crippen molar-refractivity contribution >= 4 is 0 Å². The van der Waals surface area contributed by atoms with E-state index in [4.69, 9.17) is 4.74 Å². The number of hydrogen-bond donors (Lipinski definition) is 1. The average molecular weight is 290 g/mol. The first-order chi connectivity index (χ1) is 10.0. The Morgan fingerprint density at radius 2 is 1.57 bits per heavy atom. The third-order valence-electron chi connectivity index (χ3n) is 3.09. The number of hydrogen-bond acceptors (Lipinski definition) is 2. The van der Waals surface area contributed by atoms with Crippen molar-refractivity contribution in [3.63, 3.8) is 0 Å². The Morgan fingerprint density at radius 3 is 2.14 bits per heavy atom. The van der Waals surface area contributed by atoms with Gasteiger partial charge in [-0.15, -0.1) is 0 Å². The molecule has 0 aliphatic rings. The van der Waals surface area contributed by atoms with Crippen molar-refractivity contribution in [2.24, 2.45) is 0 Å². The van der Waals surface area contributed by atoms with E-state index in [0.29, 0.717) is 0 Å². The third kappa shape index (κ3) is 3.67. The van der Waals surface area contributed by atoms with Crippen LogP contribution < -0.4 is 0 Å². The lowest BCUT2D eigenvalue weighted by atomic mass is 10.0. The molecule has 1 unspecified atom stereocenters. The van der Waals surface area contributed by atoms with Crippen LogP contribution in [0.15, 0.2) is 73.0 Å². The van der Waals surface area contributed by atoms with Crippen LogP contribution >= 0.6 is 0 Å². The average Bonchev–Trinajstić information content (AvgIpc) is 2.53. The molecule has 0 bridgehead atoms. The van der Waals surface area contributed by atoms with E-state index in [1.807, 2.05) is 6.07 Å². The maximum atomic E-state index is 14.1. The minimum absolute atomic E-state index is 0.0171. The van der Waals surface area contributed by atoms with Crippen molar-refractivity contribution in [1.82, 2.24) is 0 Å². The highest BCUT2D eigenvalue weighted by Gasteiger charge is 2.44. The highest BCUT2D eigenvalue weighted by molar-refractivity contribution is 5.23. The predicted octanol–water partition coefficient (Wildman–Crippen LogP) is 4.09. The van der Waals surface area contributed by atoms with Crippen LogP contribution in [0.4, 0.5) is 8.78 Å². The van der Waals surface area contributed by atoms with Crippen molar-refractivity contribution in [2.45, 2.75) is 18.6 Å². The summed E-state index contributed by atoms with van der Waals surface area (Å²) >= 11 is 0. The second-order valence-corrected chi connectivity index (χ2v) is 4.63. The summed E-state index contributed by atoms with van der Waals surface area (Å²) in [6.07, 6.45) is -1.98. The molecule has 4 heteroatoms. The van der Waals surface area contributed by atoms with Crippen LogP contribution in [-0.4, -0.2) is 11.0 Å². The smallest absolute Gasteiger partial charge is 0.332 e. The molecule has 1 atom stereocenters. The summed E-state index contributed by atoms with van der Waals surface area (Å²) < 4.78 is 33.3. The van der Waals surface area contributed by atoms with Crippen molar-refractivity contribution in [2.75, 3.05) is 0 Å². The van der Waals surface area contributed by atoms with Gasteiger partial charge in [0.1, 0.15) is 6.61 Å². The molecule has 0 fully saturated rings. The minimum Gasteiger partial charge on any atom is -0.487 e. The summed E-state index contributed by atoms with van der Waals surface area (Å²) in [7, 11) is 0. The van der Waals surface area contributed by atoms with Crippen LogP contribution in [0, 0.1) is 0 Å². The van der Waals surface area contributed by atoms with E-state index in [1.54, 1.807) is 42.5 Å². The van der Waals surface area contributed by atoms with Gasteiger partial charge in [-0.1, -0.05) is 67.2 Å². The summed E-state index contributed by atoms with van der Waals surface area (Å²) in [5, 5.41) is 9.83. The quantitative estimate of drug-likeness (QED) is 0.812. The monoisotopic (exact) mass is 290 g/mol. The Labute approximate surface area is 122 Å². The Balaban J connectivity index is 2.03. The molecule has 21 heavy (non-hydrogen) atoms. The zero-order chi connectivity index (χ0) is 15.3. The van der Waals surface area contributed by atoms with Gasteiger partial charge in [0.15, 0.2) is 11.9 Å². The molecular weight excluding hydrogens is 274 g/mol. The van der Waals surface area contributed by atoms with Crippen LogP contribution in [0.25, 0.3) is 0 Å². The summed E-state index contributed by atoms with van der Waals surface area (Å²) in [6.45, 7) is 3.24. The molecule has 2 aromatic carbocycles. The van der Waals surface area contributed by atoms with Gasteiger partial charge >= 0.3 is 5.92 Å². The number of rotatable bonds is 6. The highest BCUT2D eigenvalue weighted by Crippen LogP contribution is 2.37. The zero-order valence-corrected chi connectivity index (χ0v) is 11.4.